The van der Waals surface area contributed by atoms with E-state index in [0.29, 0.717) is 8.45 Å². The summed E-state index contributed by atoms with van der Waals surface area (Å²) >= 11 is -0.204. The third-order valence-electron chi connectivity index (χ3n) is 6.36. The normalized spacial score (nSPS) is 19.9. The van der Waals surface area contributed by atoms with E-state index in [-0.39, 0.29) is 44.0 Å². The second-order valence-corrected chi connectivity index (χ2v) is 10.1. The van der Waals surface area contributed by atoms with Crippen molar-refractivity contribution in [1.29, 1.82) is 0 Å². The average molecular weight is 433 g/mol. The molecule has 0 N–H and O–H groups in total. The van der Waals surface area contributed by atoms with Crippen molar-refractivity contribution in [1.82, 2.24) is 0 Å². The first-order valence-electron chi connectivity index (χ1n) is 9.22. The van der Waals surface area contributed by atoms with Gasteiger partial charge in [0.05, 0.1) is 0 Å². The molecule has 0 bridgehead atoms. The molecule has 27 heavy (non-hydrogen) atoms. The van der Waals surface area contributed by atoms with E-state index in [4.69, 9.17) is 0 Å². The molecule has 2 aliphatic rings. The number of aryl methyl sites for hydroxylation is 2. The number of benzene rings is 2. The SMILES string of the molecule is CC1=C(C)[CH]([Ti+2][CH]2C(C)=C(C)c3c(C)cccc32)c2cccc(C)c21.[Cl-].[Cl-]. The van der Waals surface area contributed by atoms with Crippen LogP contribution in [0.4, 0.5) is 0 Å². The third-order valence-corrected chi connectivity index (χ3v) is 9.73. The van der Waals surface area contributed by atoms with Crippen LogP contribution >= 0.6 is 0 Å². The first kappa shape index (κ1) is 22.5. The van der Waals surface area contributed by atoms with Crippen molar-refractivity contribution in [3.63, 3.8) is 0 Å². The standard InChI is InChI=1S/2C12H13.2ClH.Ti/c2*1-8-5-4-6-11-7-9(2)10(3)12(8)11;;;/h2*4-7H,1-3H3;2*1H;/q;;;;+2/p-2. The molecule has 2 aliphatic carbocycles. The number of hydrogen-bond donors (Lipinski definition) is 0. The fraction of sp³-hybridized carbons (Fsp3) is 0.333. The van der Waals surface area contributed by atoms with Crippen LogP contribution in [0, 0.1) is 13.8 Å². The Morgan fingerprint density at radius 3 is 1.33 bits per heavy atom. The van der Waals surface area contributed by atoms with Crippen LogP contribution in [-0.2, 0) is 19.2 Å². The van der Waals surface area contributed by atoms with Gasteiger partial charge in [-0.2, -0.15) is 0 Å². The summed E-state index contributed by atoms with van der Waals surface area (Å²) in [6, 6.07) is 13.8. The largest absolute Gasteiger partial charge is 1.00 e. The Labute approximate surface area is 185 Å². The van der Waals surface area contributed by atoms with Crippen LogP contribution in [-0.4, -0.2) is 0 Å². The minimum Gasteiger partial charge on any atom is -1.00 e. The summed E-state index contributed by atoms with van der Waals surface area (Å²) in [7, 11) is 0. The van der Waals surface area contributed by atoms with Gasteiger partial charge < -0.3 is 24.8 Å². The first-order valence-corrected chi connectivity index (χ1v) is 11.0. The molecule has 0 radical (unpaired) electrons. The van der Waals surface area contributed by atoms with Crippen LogP contribution < -0.4 is 24.8 Å². The van der Waals surface area contributed by atoms with E-state index in [2.05, 4.69) is 77.9 Å². The summed E-state index contributed by atoms with van der Waals surface area (Å²) in [6.07, 6.45) is 0. The molecule has 3 heteroatoms. The molecule has 0 heterocycles. The predicted octanol–water partition coefficient (Wildman–Crippen LogP) is 0.790. The molecule has 2 aromatic carbocycles. The minimum absolute atomic E-state index is 0. The van der Waals surface area contributed by atoms with Gasteiger partial charge in [-0.25, -0.2) is 0 Å². The number of rotatable bonds is 2. The third kappa shape index (κ3) is 3.40. The second-order valence-electron chi connectivity index (χ2n) is 7.73. The van der Waals surface area contributed by atoms with E-state index < -0.39 is 0 Å². The molecule has 0 amide bonds. The van der Waals surface area contributed by atoms with Gasteiger partial charge in [0.2, 0.25) is 0 Å². The van der Waals surface area contributed by atoms with E-state index in [1.807, 2.05) is 0 Å². The molecule has 4 rings (SSSR count). The zero-order chi connectivity index (χ0) is 17.9. The minimum atomic E-state index is -0.204. The average Bonchev–Trinajstić information content (AvgIpc) is 2.97. The van der Waals surface area contributed by atoms with Crippen molar-refractivity contribution in [2.75, 3.05) is 0 Å². The molecule has 140 valence electrons. The topological polar surface area (TPSA) is 0 Å². The quantitative estimate of drug-likeness (QED) is 0.615. The van der Waals surface area contributed by atoms with Gasteiger partial charge in [0.1, 0.15) is 0 Å². The molecule has 0 saturated carbocycles. The fourth-order valence-corrected chi connectivity index (χ4v) is 8.07. The van der Waals surface area contributed by atoms with Crippen LogP contribution in [0.25, 0.3) is 11.1 Å². The van der Waals surface area contributed by atoms with Gasteiger partial charge in [0, 0.05) is 0 Å². The van der Waals surface area contributed by atoms with Crippen molar-refractivity contribution in [3.8, 4) is 0 Å². The predicted molar refractivity (Wildman–Crippen MR) is 104 cm³/mol. The summed E-state index contributed by atoms with van der Waals surface area (Å²) in [5.74, 6) is 0. The van der Waals surface area contributed by atoms with Crippen molar-refractivity contribution in [2.24, 2.45) is 0 Å². The molecule has 0 spiro atoms. The molecule has 2 atom stereocenters. The number of hydrogen-bond acceptors (Lipinski definition) is 0. The molecule has 0 nitrogen and oxygen atoms in total. The van der Waals surface area contributed by atoms with Crippen LogP contribution in [0.5, 0.6) is 0 Å². The summed E-state index contributed by atoms with van der Waals surface area (Å²) in [5, 5.41) is 0. The maximum Gasteiger partial charge on any atom is -1.00 e. The Morgan fingerprint density at radius 2 is 0.963 bits per heavy atom. The summed E-state index contributed by atoms with van der Waals surface area (Å²) in [6.45, 7) is 13.9. The van der Waals surface area contributed by atoms with Gasteiger partial charge in [0.25, 0.3) is 0 Å². The van der Waals surface area contributed by atoms with Crippen LogP contribution in [0.3, 0.4) is 0 Å². The Kier molecular flexibility index (Phi) is 6.91. The summed E-state index contributed by atoms with van der Waals surface area (Å²) in [5.41, 5.74) is 15.5. The fourth-order valence-electron chi connectivity index (χ4n) is 4.78. The summed E-state index contributed by atoms with van der Waals surface area (Å²) < 4.78 is 1.35. The Balaban J connectivity index is 0.00000131. The van der Waals surface area contributed by atoms with Crippen molar-refractivity contribution in [3.05, 3.63) is 80.9 Å². The van der Waals surface area contributed by atoms with Crippen molar-refractivity contribution < 1.29 is 44.0 Å². The van der Waals surface area contributed by atoms with E-state index in [1.165, 1.54) is 33.4 Å². The summed E-state index contributed by atoms with van der Waals surface area (Å²) in [4.78, 5) is 0. The monoisotopic (exact) mass is 432 g/mol. The van der Waals surface area contributed by atoms with Crippen LogP contribution in [0.1, 0.15) is 69.5 Å². The molecule has 2 unspecified atom stereocenters. The van der Waals surface area contributed by atoms with Crippen LogP contribution in [0.15, 0.2) is 47.5 Å². The maximum atomic E-state index is 2.38. The second kappa shape index (κ2) is 8.30. The Bertz CT molecular complexity index is 875. The van der Waals surface area contributed by atoms with E-state index in [0.717, 1.165) is 0 Å². The Morgan fingerprint density at radius 1 is 0.593 bits per heavy atom. The van der Waals surface area contributed by atoms with Crippen molar-refractivity contribution >= 4 is 11.1 Å². The molecule has 2 aromatic rings. The molecular weight excluding hydrogens is 407 g/mol. The Hall–Kier alpha value is -0.786. The molecule has 0 fully saturated rings. The molecule has 0 saturated heterocycles. The number of allylic oxidation sites excluding steroid dienone is 4. The van der Waals surface area contributed by atoms with Gasteiger partial charge in [-0.1, -0.05) is 0 Å². The first-order chi connectivity index (χ1) is 11.9. The van der Waals surface area contributed by atoms with E-state index >= 15 is 0 Å². The zero-order valence-electron chi connectivity index (χ0n) is 16.9. The van der Waals surface area contributed by atoms with Gasteiger partial charge in [0.15, 0.2) is 0 Å². The van der Waals surface area contributed by atoms with E-state index in [9.17, 15) is 0 Å². The number of halogens is 2. The number of fused-ring (bicyclic) bond motifs is 2. The van der Waals surface area contributed by atoms with Gasteiger partial charge in [-0.3, -0.25) is 0 Å². The van der Waals surface area contributed by atoms with Gasteiger partial charge >= 0.3 is 161 Å². The van der Waals surface area contributed by atoms with Crippen molar-refractivity contribution in [2.45, 2.75) is 50.0 Å². The zero-order valence-corrected chi connectivity index (χ0v) is 19.9. The van der Waals surface area contributed by atoms with E-state index in [1.54, 1.807) is 22.3 Å². The van der Waals surface area contributed by atoms with Gasteiger partial charge in [-0.05, 0) is 0 Å². The molecular formula is C24H26Cl2Ti. The van der Waals surface area contributed by atoms with Gasteiger partial charge in [-0.15, -0.1) is 0 Å². The molecule has 0 aliphatic heterocycles. The molecule has 0 aromatic heterocycles. The smallest absolute Gasteiger partial charge is 1.00 e. The van der Waals surface area contributed by atoms with Crippen LogP contribution in [0.2, 0.25) is 0 Å². The maximum absolute atomic E-state index is 2.38.